The van der Waals surface area contributed by atoms with E-state index in [0.29, 0.717) is 40.4 Å². The van der Waals surface area contributed by atoms with Crippen molar-refractivity contribution >= 4 is 34.3 Å². The Labute approximate surface area is 144 Å². The van der Waals surface area contributed by atoms with Crippen LogP contribution in [0.15, 0.2) is 24.3 Å². The second kappa shape index (κ2) is 6.63. The lowest BCUT2D eigenvalue weighted by Gasteiger charge is -2.36. The van der Waals surface area contributed by atoms with Crippen molar-refractivity contribution in [3.63, 3.8) is 0 Å². The van der Waals surface area contributed by atoms with Gasteiger partial charge in [-0.3, -0.25) is 0 Å². The van der Waals surface area contributed by atoms with Gasteiger partial charge in [-0.05, 0) is 31.2 Å². The lowest BCUT2D eigenvalue weighted by molar-refractivity contribution is -0.158. The summed E-state index contributed by atoms with van der Waals surface area (Å²) in [5, 5.41) is 10.7. The molecule has 2 heterocycles. The molecule has 0 radical (unpaired) electrons. The molecule has 24 heavy (non-hydrogen) atoms. The van der Waals surface area contributed by atoms with Gasteiger partial charge in [0.25, 0.3) is 0 Å². The van der Waals surface area contributed by atoms with Gasteiger partial charge in [0, 0.05) is 17.0 Å². The van der Waals surface area contributed by atoms with Gasteiger partial charge in [0.05, 0.1) is 36.9 Å². The maximum absolute atomic E-state index is 11.8. The van der Waals surface area contributed by atoms with E-state index in [1.165, 1.54) is 7.11 Å². The molecule has 0 amide bonds. The lowest BCUT2D eigenvalue weighted by Crippen LogP contribution is -2.50. The minimum atomic E-state index is -0.674. The molecule has 0 saturated carbocycles. The SMILES string of the molecule is COC(=O)C1CN(c2cc(C#N)c3cc(Cl)ccc3n2)C[C@@H](C)O1. The van der Waals surface area contributed by atoms with E-state index < -0.39 is 12.1 Å². The van der Waals surface area contributed by atoms with Gasteiger partial charge < -0.3 is 14.4 Å². The number of rotatable bonds is 2. The Bertz CT molecular complexity index is 834. The second-order valence-electron chi connectivity index (χ2n) is 5.66. The van der Waals surface area contributed by atoms with Gasteiger partial charge in [-0.25, -0.2) is 9.78 Å². The van der Waals surface area contributed by atoms with Crippen molar-refractivity contribution in [2.24, 2.45) is 0 Å². The summed E-state index contributed by atoms with van der Waals surface area (Å²) in [7, 11) is 1.33. The molecule has 0 aliphatic carbocycles. The summed E-state index contributed by atoms with van der Waals surface area (Å²) >= 11 is 6.01. The minimum Gasteiger partial charge on any atom is -0.467 e. The smallest absolute Gasteiger partial charge is 0.336 e. The van der Waals surface area contributed by atoms with E-state index in [1.54, 1.807) is 24.3 Å². The van der Waals surface area contributed by atoms with E-state index >= 15 is 0 Å². The van der Waals surface area contributed by atoms with Gasteiger partial charge in [0.1, 0.15) is 5.82 Å². The van der Waals surface area contributed by atoms with E-state index in [1.807, 2.05) is 11.8 Å². The highest BCUT2D eigenvalue weighted by molar-refractivity contribution is 6.31. The Balaban J connectivity index is 2.01. The molecule has 1 aliphatic heterocycles. The third-order valence-electron chi connectivity index (χ3n) is 3.93. The first-order chi connectivity index (χ1) is 11.5. The molecule has 2 atom stereocenters. The minimum absolute atomic E-state index is 0.156. The van der Waals surface area contributed by atoms with Crippen molar-refractivity contribution in [1.29, 1.82) is 5.26 Å². The largest absolute Gasteiger partial charge is 0.467 e. The third kappa shape index (κ3) is 3.14. The number of morpholine rings is 1. The first-order valence-electron chi connectivity index (χ1n) is 7.50. The van der Waals surface area contributed by atoms with Crippen LogP contribution in [-0.2, 0) is 14.3 Å². The second-order valence-corrected chi connectivity index (χ2v) is 6.10. The van der Waals surface area contributed by atoms with E-state index in [0.717, 1.165) is 0 Å². The van der Waals surface area contributed by atoms with E-state index in [4.69, 9.17) is 21.1 Å². The van der Waals surface area contributed by atoms with Gasteiger partial charge in [-0.2, -0.15) is 5.26 Å². The van der Waals surface area contributed by atoms with Crippen molar-refractivity contribution in [3.05, 3.63) is 34.9 Å². The van der Waals surface area contributed by atoms with Crippen LogP contribution in [0.2, 0.25) is 5.02 Å². The molecular formula is C17H16ClN3O3. The third-order valence-corrected chi connectivity index (χ3v) is 4.16. The van der Waals surface area contributed by atoms with Crippen LogP contribution in [0.3, 0.4) is 0 Å². The highest BCUT2D eigenvalue weighted by atomic mass is 35.5. The number of ether oxygens (including phenoxy) is 2. The van der Waals surface area contributed by atoms with Gasteiger partial charge in [-0.15, -0.1) is 0 Å². The Hall–Kier alpha value is -2.36. The summed E-state index contributed by atoms with van der Waals surface area (Å²) in [6.07, 6.45) is -0.830. The van der Waals surface area contributed by atoms with Gasteiger partial charge in [0.2, 0.25) is 0 Å². The number of aromatic nitrogens is 1. The fourth-order valence-electron chi connectivity index (χ4n) is 2.84. The highest BCUT2D eigenvalue weighted by Crippen LogP contribution is 2.27. The van der Waals surface area contributed by atoms with E-state index in [2.05, 4.69) is 11.1 Å². The van der Waals surface area contributed by atoms with Crippen molar-refractivity contribution in [2.45, 2.75) is 19.1 Å². The van der Waals surface area contributed by atoms with Crippen LogP contribution in [0, 0.1) is 11.3 Å². The quantitative estimate of drug-likeness (QED) is 0.778. The Morgan fingerprint density at radius 3 is 2.96 bits per heavy atom. The number of halogens is 1. The van der Waals surface area contributed by atoms with E-state index in [9.17, 15) is 10.1 Å². The molecule has 0 bridgehead atoms. The van der Waals surface area contributed by atoms with Crippen LogP contribution in [0.1, 0.15) is 12.5 Å². The summed E-state index contributed by atoms with van der Waals surface area (Å²) in [5.41, 5.74) is 1.17. The fourth-order valence-corrected chi connectivity index (χ4v) is 3.01. The predicted molar refractivity (Wildman–Crippen MR) is 90.0 cm³/mol. The zero-order valence-corrected chi connectivity index (χ0v) is 14.1. The molecule has 124 valence electrons. The Kier molecular flexibility index (Phi) is 4.56. The molecule has 1 aromatic carbocycles. The van der Waals surface area contributed by atoms with Gasteiger partial charge >= 0.3 is 5.97 Å². The monoisotopic (exact) mass is 345 g/mol. The molecule has 1 fully saturated rings. The fraction of sp³-hybridized carbons (Fsp3) is 0.353. The first kappa shape index (κ1) is 16.5. The summed E-state index contributed by atoms with van der Waals surface area (Å²) in [6, 6.07) is 9.14. The first-order valence-corrected chi connectivity index (χ1v) is 7.88. The molecule has 2 aromatic rings. The zero-order valence-electron chi connectivity index (χ0n) is 13.3. The molecule has 0 N–H and O–H groups in total. The van der Waals surface area contributed by atoms with Crippen LogP contribution >= 0.6 is 11.6 Å². The summed E-state index contributed by atoms with van der Waals surface area (Å²) < 4.78 is 10.4. The zero-order chi connectivity index (χ0) is 17.3. The normalized spacial score (nSPS) is 20.7. The van der Waals surface area contributed by atoms with Gasteiger partial charge in [0.15, 0.2) is 6.10 Å². The van der Waals surface area contributed by atoms with Crippen molar-refractivity contribution < 1.29 is 14.3 Å². The molecule has 3 rings (SSSR count). The van der Waals surface area contributed by atoms with Crippen LogP contribution in [-0.4, -0.2) is 43.4 Å². The number of benzene rings is 1. The number of methoxy groups -OCH3 is 1. The number of pyridine rings is 1. The number of nitrogens with zero attached hydrogens (tertiary/aromatic N) is 3. The number of carbonyl (C=O) groups excluding carboxylic acids is 1. The number of anilines is 1. The molecule has 1 unspecified atom stereocenters. The molecule has 1 aromatic heterocycles. The Morgan fingerprint density at radius 1 is 1.46 bits per heavy atom. The van der Waals surface area contributed by atoms with Crippen LogP contribution in [0.5, 0.6) is 0 Å². The lowest BCUT2D eigenvalue weighted by atomic mass is 10.1. The van der Waals surface area contributed by atoms with E-state index in [-0.39, 0.29) is 6.10 Å². The standard InChI is InChI=1S/C17H16ClN3O3/c1-10-8-21(9-15(24-10)17(22)23-2)16-5-11(7-19)13-6-12(18)3-4-14(13)20-16/h3-6,10,15H,8-9H2,1-2H3/t10-,15?/m1/s1. The predicted octanol–water partition coefficient (Wildman–Crippen LogP) is 2.53. The van der Waals surface area contributed by atoms with Crippen molar-refractivity contribution in [2.75, 3.05) is 25.1 Å². The van der Waals surface area contributed by atoms with Crippen molar-refractivity contribution in [3.8, 4) is 6.07 Å². The molecule has 0 spiro atoms. The molecule has 6 nitrogen and oxygen atoms in total. The highest BCUT2D eigenvalue weighted by Gasteiger charge is 2.32. The molecule has 1 saturated heterocycles. The topological polar surface area (TPSA) is 75.5 Å². The summed E-state index contributed by atoms with van der Waals surface area (Å²) in [4.78, 5) is 18.3. The number of carbonyl (C=O) groups is 1. The molecular weight excluding hydrogens is 330 g/mol. The molecule has 7 heteroatoms. The Morgan fingerprint density at radius 2 is 2.25 bits per heavy atom. The van der Waals surface area contributed by atoms with Crippen LogP contribution in [0.4, 0.5) is 5.82 Å². The summed E-state index contributed by atoms with van der Waals surface area (Å²) in [5.74, 6) is 0.213. The van der Waals surface area contributed by atoms with Gasteiger partial charge in [-0.1, -0.05) is 11.6 Å². The van der Waals surface area contributed by atoms with Crippen molar-refractivity contribution in [1.82, 2.24) is 4.98 Å². The maximum Gasteiger partial charge on any atom is 0.336 e. The number of hydrogen-bond acceptors (Lipinski definition) is 6. The van der Waals surface area contributed by atoms with Crippen LogP contribution < -0.4 is 4.90 Å². The summed E-state index contributed by atoms with van der Waals surface area (Å²) in [6.45, 7) is 2.78. The van der Waals surface area contributed by atoms with Crippen LogP contribution in [0.25, 0.3) is 10.9 Å². The number of fused-ring (bicyclic) bond motifs is 1. The number of esters is 1. The molecule has 1 aliphatic rings. The maximum atomic E-state index is 11.8. The average Bonchev–Trinajstić information content (AvgIpc) is 2.59. The number of hydrogen-bond donors (Lipinski definition) is 0. The average molecular weight is 346 g/mol. The number of nitriles is 1.